The van der Waals surface area contributed by atoms with Gasteiger partial charge in [0.2, 0.25) is 0 Å². The second-order valence-electron chi connectivity index (χ2n) is 2.97. The van der Waals surface area contributed by atoms with Crippen LogP contribution in [0.1, 0.15) is 0 Å². The van der Waals surface area contributed by atoms with Gasteiger partial charge in [-0.3, -0.25) is 0 Å². The van der Waals surface area contributed by atoms with Crippen LogP contribution in [-0.4, -0.2) is 54.3 Å². The van der Waals surface area contributed by atoms with Crippen molar-refractivity contribution in [3.8, 4) is 0 Å². The second kappa shape index (κ2) is 4.16. The molecule has 7 nitrogen and oxygen atoms in total. The molecule has 0 aliphatic carbocycles. The van der Waals surface area contributed by atoms with Gasteiger partial charge in [-0.1, -0.05) is 0 Å². The largest absolute Gasteiger partial charge is 0.351 e. The van der Waals surface area contributed by atoms with E-state index in [4.69, 9.17) is 5.73 Å². The number of carbonyl (C=O) groups is 3. The molecule has 1 saturated heterocycles. The third-order valence-corrected chi connectivity index (χ3v) is 2.16. The molecule has 2 unspecified atom stereocenters. The van der Waals surface area contributed by atoms with Crippen LogP contribution in [0.5, 0.6) is 0 Å². The zero-order valence-corrected chi connectivity index (χ0v) is 7.71. The van der Waals surface area contributed by atoms with E-state index in [1.807, 2.05) is 0 Å². The summed E-state index contributed by atoms with van der Waals surface area (Å²) < 4.78 is 0. The first kappa shape index (κ1) is 10.6. The molecule has 2 amide bonds. The molecule has 1 aliphatic rings. The van der Waals surface area contributed by atoms with Crippen LogP contribution >= 0.6 is 0 Å². The van der Waals surface area contributed by atoms with Crippen LogP contribution in [0, 0.1) is 0 Å². The highest BCUT2D eigenvalue weighted by molar-refractivity contribution is 5.73. The Balaban J connectivity index is 2.55. The summed E-state index contributed by atoms with van der Waals surface area (Å²) in [5.74, 6) is 0. The van der Waals surface area contributed by atoms with Crippen LogP contribution < -0.4 is 11.2 Å². The van der Waals surface area contributed by atoms with Crippen LogP contribution in [-0.2, 0) is 9.59 Å². The SMILES string of the molecule is CN(C(N)=O)C1NN(CC=O)C1C=O. The minimum Gasteiger partial charge on any atom is -0.351 e. The number of likely N-dealkylation sites (N-methyl/N-ethyl adjacent to an activating group) is 1. The fourth-order valence-corrected chi connectivity index (χ4v) is 1.28. The average molecular weight is 200 g/mol. The quantitative estimate of drug-likeness (QED) is 0.507. The van der Waals surface area contributed by atoms with E-state index in [1.54, 1.807) is 0 Å². The number of nitrogens with one attached hydrogen (secondary N) is 1. The fourth-order valence-electron chi connectivity index (χ4n) is 1.28. The van der Waals surface area contributed by atoms with Crippen molar-refractivity contribution in [3.05, 3.63) is 0 Å². The van der Waals surface area contributed by atoms with E-state index in [0.29, 0.717) is 12.6 Å². The molecule has 14 heavy (non-hydrogen) atoms. The van der Waals surface area contributed by atoms with Gasteiger partial charge in [-0.15, -0.1) is 0 Å². The monoisotopic (exact) mass is 200 g/mol. The lowest BCUT2D eigenvalue weighted by Crippen LogP contribution is -2.76. The topological polar surface area (TPSA) is 95.7 Å². The van der Waals surface area contributed by atoms with Crippen LogP contribution in [0.4, 0.5) is 4.79 Å². The minimum atomic E-state index is -0.625. The Hall–Kier alpha value is -1.47. The zero-order valence-electron chi connectivity index (χ0n) is 7.71. The lowest BCUT2D eigenvalue weighted by atomic mass is 10.1. The predicted octanol–water partition coefficient (Wildman–Crippen LogP) is -2.09. The van der Waals surface area contributed by atoms with Gasteiger partial charge in [0.15, 0.2) is 0 Å². The van der Waals surface area contributed by atoms with Crippen molar-refractivity contribution >= 4 is 18.6 Å². The molecular weight excluding hydrogens is 188 g/mol. The Bertz CT molecular complexity index is 257. The van der Waals surface area contributed by atoms with Gasteiger partial charge in [0.05, 0.1) is 6.54 Å². The van der Waals surface area contributed by atoms with Crippen molar-refractivity contribution in [1.29, 1.82) is 0 Å². The molecule has 78 valence electrons. The first-order chi connectivity index (χ1) is 6.61. The van der Waals surface area contributed by atoms with Crippen molar-refractivity contribution in [1.82, 2.24) is 15.3 Å². The number of hydrogen-bond acceptors (Lipinski definition) is 5. The molecule has 7 heteroatoms. The first-order valence-electron chi connectivity index (χ1n) is 4.05. The molecule has 1 heterocycles. The maximum absolute atomic E-state index is 10.8. The van der Waals surface area contributed by atoms with Gasteiger partial charge in [-0.2, -0.15) is 0 Å². The number of rotatable bonds is 4. The van der Waals surface area contributed by atoms with E-state index in [9.17, 15) is 14.4 Å². The number of amides is 2. The van der Waals surface area contributed by atoms with Crippen molar-refractivity contribution < 1.29 is 14.4 Å². The van der Waals surface area contributed by atoms with Crippen molar-refractivity contribution in [3.63, 3.8) is 0 Å². The van der Waals surface area contributed by atoms with Gasteiger partial charge in [0.25, 0.3) is 0 Å². The van der Waals surface area contributed by atoms with E-state index >= 15 is 0 Å². The van der Waals surface area contributed by atoms with Crippen molar-refractivity contribution in [2.45, 2.75) is 12.2 Å². The number of nitrogens with zero attached hydrogens (tertiary/aromatic N) is 2. The Labute approximate surface area is 80.8 Å². The Kier molecular flexibility index (Phi) is 3.15. The minimum absolute atomic E-state index is 0.104. The highest BCUT2D eigenvalue weighted by atomic mass is 16.2. The van der Waals surface area contributed by atoms with E-state index in [1.165, 1.54) is 17.0 Å². The van der Waals surface area contributed by atoms with Crippen LogP contribution in [0.15, 0.2) is 0 Å². The molecule has 0 aromatic rings. The highest BCUT2D eigenvalue weighted by Gasteiger charge is 2.41. The van der Waals surface area contributed by atoms with E-state index in [-0.39, 0.29) is 6.54 Å². The number of carbonyl (C=O) groups excluding carboxylic acids is 3. The molecule has 0 radical (unpaired) electrons. The highest BCUT2D eigenvalue weighted by Crippen LogP contribution is 2.13. The lowest BCUT2D eigenvalue weighted by Gasteiger charge is -2.48. The molecule has 0 aromatic carbocycles. The van der Waals surface area contributed by atoms with Gasteiger partial charge < -0.3 is 20.2 Å². The summed E-state index contributed by atoms with van der Waals surface area (Å²) in [6.07, 6.45) is 0.888. The predicted molar refractivity (Wildman–Crippen MR) is 46.9 cm³/mol. The molecule has 0 spiro atoms. The fraction of sp³-hybridized carbons (Fsp3) is 0.571. The van der Waals surface area contributed by atoms with Crippen LogP contribution in [0.2, 0.25) is 0 Å². The smallest absolute Gasteiger partial charge is 0.315 e. The third kappa shape index (κ3) is 1.73. The van der Waals surface area contributed by atoms with Crippen LogP contribution in [0.3, 0.4) is 0 Å². The maximum atomic E-state index is 10.8. The van der Waals surface area contributed by atoms with Crippen LogP contribution in [0.25, 0.3) is 0 Å². The number of primary amides is 1. The summed E-state index contributed by atoms with van der Waals surface area (Å²) in [5.41, 5.74) is 7.78. The molecule has 2 atom stereocenters. The molecule has 1 fully saturated rings. The summed E-state index contributed by atoms with van der Waals surface area (Å²) in [6, 6.07) is -1.14. The Morgan fingerprint density at radius 1 is 1.64 bits per heavy atom. The lowest BCUT2D eigenvalue weighted by molar-refractivity contribution is -0.135. The second-order valence-corrected chi connectivity index (χ2v) is 2.97. The van der Waals surface area contributed by atoms with E-state index < -0.39 is 18.2 Å². The number of hydrogen-bond donors (Lipinski definition) is 2. The zero-order chi connectivity index (χ0) is 10.7. The number of nitrogens with two attached hydrogens (primary N) is 1. The van der Waals surface area contributed by atoms with E-state index in [0.717, 1.165) is 0 Å². The summed E-state index contributed by atoms with van der Waals surface area (Å²) in [4.78, 5) is 32.8. The normalized spacial score (nSPS) is 26.4. The maximum Gasteiger partial charge on any atom is 0.315 e. The van der Waals surface area contributed by atoms with E-state index in [2.05, 4.69) is 5.43 Å². The standard InChI is InChI=1S/C7H12N4O3/c1-10(7(8)14)6-5(4-13)11(9-6)2-3-12/h3-6,9H,2H2,1H3,(H2,8,14). The molecule has 0 saturated carbocycles. The molecule has 0 aromatic heterocycles. The molecule has 1 aliphatic heterocycles. The van der Waals surface area contributed by atoms with Gasteiger partial charge in [0.1, 0.15) is 24.8 Å². The third-order valence-electron chi connectivity index (χ3n) is 2.16. The summed E-state index contributed by atoms with van der Waals surface area (Å²) in [5, 5.41) is 1.43. The van der Waals surface area contributed by atoms with Crippen molar-refractivity contribution in [2.24, 2.45) is 5.73 Å². The molecule has 0 bridgehead atoms. The summed E-state index contributed by atoms with van der Waals surface area (Å²) in [7, 11) is 1.48. The summed E-state index contributed by atoms with van der Waals surface area (Å²) >= 11 is 0. The van der Waals surface area contributed by atoms with Gasteiger partial charge >= 0.3 is 6.03 Å². The van der Waals surface area contributed by atoms with Gasteiger partial charge in [-0.05, 0) is 0 Å². The number of urea groups is 1. The average Bonchev–Trinajstić information content (AvgIpc) is 2.11. The molecule has 3 N–H and O–H groups in total. The van der Waals surface area contributed by atoms with Crippen molar-refractivity contribution in [2.75, 3.05) is 13.6 Å². The van der Waals surface area contributed by atoms with Gasteiger partial charge in [0, 0.05) is 7.05 Å². The molecule has 1 rings (SSSR count). The number of aldehydes is 2. The Morgan fingerprint density at radius 3 is 2.71 bits per heavy atom. The first-order valence-corrected chi connectivity index (χ1v) is 4.05. The molecular formula is C7H12N4O3. The Morgan fingerprint density at radius 2 is 2.29 bits per heavy atom. The summed E-state index contributed by atoms with van der Waals surface area (Å²) in [6.45, 7) is 0.104. The van der Waals surface area contributed by atoms with Gasteiger partial charge in [-0.25, -0.2) is 15.2 Å². The number of hydrazine groups is 1.